The van der Waals surface area contributed by atoms with Gasteiger partial charge in [-0.3, -0.25) is 4.79 Å². The minimum absolute atomic E-state index is 0.0383. The summed E-state index contributed by atoms with van der Waals surface area (Å²) in [4.78, 5) is 26.8. The Morgan fingerprint density at radius 3 is 2.32 bits per heavy atom. The molecule has 5 heteroatoms. The van der Waals surface area contributed by atoms with Crippen LogP contribution in [0.5, 0.6) is 0 Å². The van der Waals surface area contributed by atoms with Crippen LogP contribution < -0.4 is 5.32 Å². The molecule has 2 amide bonds. The second kappa shape index (κ2) is 7.70. The summed E-state index contributed by atoms with van der Waals surface area (Å²) >= 11 is 5.87. The van der Waals surface area contributed by atoms with Gasteiger partial charge in [0, 0.05) is 35.3 Å². The van der Waals surface area contributed by atoms with Gasteiger partial charge >= 0.3 is 6.03 Å². The van der Waals surface area contributed by atoms with E-state index in [1.54, 1.807) is 29.2 Å². The van der Waals surface area contributed by atoms with Crippen LogP contribution in [0.3, 0.4) is 0 Å². The van der Waals surface area contributed by atoms with Crippen molar-refractivity contribution in [2.24, 2.45) is 5.92 Å². The van der Waals surface area contributed by atoms with Crippen molar-refractivity contribution < 1.29 is 9.59 Å². The highest BCUT2D eigenvalue weighted by atomic mass is 35.5. The molecule has 0 aliphatic carbocycles. The first kappa shape index (κ1) is 17.5. The fourth-order valence-corrected chi connectivity index (χ4v) is 3.23. The average Bonchev–Trinajstić information content (AvgIpc) is 2.64. The van der Waals surface area contributed by atoms with E-state index in [4.69, 9.17) is 11.6 Å². The number of benzene rings is 2. The number of urea groups is 1. The van der Waals surface area contributed by atoms with Crippen molar-refractivity contribution in [3.63, 3.8) is 0 Å². The summed E-state index contributed by atoms with van der Waals surface area (Å²) < 4.78 is 0. The third-order valence-electron chi connectivity index (χ3n) is 4.67. The van der Waals surface area contributed by atoms with Crippen LogP contribution >= 0.6 is 11.6 Å². The number of carbonyl (C=O) groups excluding carboxylic acids is 2. The number of amides is 2. The predicted octanol–water partition coefficient (Wildman–Crippen LogP) is 4.78. The summed E-state index contributed by atoms with van der Waals surface area (Å²) in [5.41, 5.74) is 2.54. The number of anilines is 1. The van der Waals surface area contributed by atoms with Gasteiger partial charge in [0.1, 0.15) is 0 Å². The Kier molecular flexibility index (Phi) is 5.39. The third-order valence-corrected chi connectivity index (χ3v) is 4.92. The van der Waals surface area contributed by atoms with Gasteiger partial charge in [0.25, 0.3) is 0 Å². The van der Waals surface area contributed by atoms with Crippen molar-refractivity contribution in [1.82, 2.24) is 4.90 Å². The normalized spacial score (nSPS) is 15.0. The fourth-order valence-electron chi connectivity index (χ4n) is 3.10. The number of hydrogen-bond donors (Lipinski definition) is 1. The molecule has 25 heavy (non-hydrogen) atoms. The van der Waals surface area contributed by atoms with Crippen LogP contribution in [0.2, 0.25) is 5.02 Å². The molecule has 1 heterocycles. The minimum atomic E-state index is -0.105. The smallest absolute Gasteiger partial charge is 0.321 e. The summed E-state index contributed by atoms with van der Waals surface area (Å²) in [5, 5.41) is 3.57. The monoisotopic (exact) mass is 356 g/mol. The first-order valence-electron chi connectivity index (χ1n) is 8.46. The van der Waals surface area contributed by atoms with Crippen LogP contribution in [0.15, 0.2) is 48.5 Å². The Bertz CT molecular complexity index is 766. The number of Topliss-reactive ketones (excluding diaryl/α,β-unsaturated/α-hetero) is 1. The molecule has 3 rings (SSSR count). The van der Waals surface area contributed by atoms with Crippen molar-refractivity contribution in [2.75, 3.05) is 18.4 Å². The summed E-state index contributed by atoms with van der Waals surface area (Å²) in [6, 6.07) is 14.6. The molecule has 0 saturated carbocycles. The SMILES string of the molecule is Cc1ccccc1NC(=O)N1CCC(C(=O)c2ccc(Cl)cc2)CC1. The van der Waals surface area contributed by atoms with Gasteiger partial charge in [0.15, 0.2) is 5.78 Å². The van der Waals surface area contributed by atoms with E-state index in [-0.39, 0.29) is 17.7 Å². The zero-order valence-electron chi connectivity index (χ0n) is 14.2. The van der Waals surface area contributed by atoms with Gasteiger partial charge in [-0.05, 0) is 55.7 Å². The lowest BCUT2D eigenvalue weighted by atomic mass is 9.89. The van der Waals surface area contributed by atoms with Gasteiger partial charge in [0.05, 0.1) is 0 Å². The van der Waals surface area contributed by atoms with E-state index in [1.807, 2.05) is 31.2 Å². The van der Waals surface area contributed by atoms with Gasteiger partial charge in [-0.25, -0.2) is 4.79 Å². The molecule has 0 spiro atoms. The third kappa shape index (κ3) is 4.20. The van der Waals surface area contributed by atoms with E-state index in [0.29, 0.717) is 36.5 Å². The van der Waals surface area contributed by atoms with E-state index in [9.17, 15) is 9.59 Å². The van der Waals surface area contributed by atoms with Crippen LogP contribution in [-0.2, 0) is 0 Å². The summed E-state index contributed by atoms with van der Waals surface area (Å²) in [6.45, 7) is 3.13. The van der Waals surface area contributed by atoms with Gasteiger partial charge in [0.2, 0.25) is 0 Å². The van der Waals surface area contributed by atoms with Crippen molar-refractivity contribution >= 4 is 29.1 Å². The number of nitrogens with zero attached hydrogens (tertiary/aromatic N) is 1. The Hall–Kier alpha value is -2.33. The standard InChI is InChI=1S/C20H21ClN2O2/c1-14-4-2-3-5-18(14)22-20(25)23-12-10-16(11-13-23)19(24)15-6-8-17(21)9-7-15/h2-9,16H,10-13H2,1H3,(H,22,25). The molecule has 1 aliphatic heterocycles. The van der Waals surface area contributed by atoms with Crippen LogP contribution in [0.4, 0.5) is 10.5 Å². The number of para-hydroxylation sites is 1. The van der Waals surface area contributed by atoms with Crippen molar-refractivity contribution in [1.29, 1.82) is 0 Å². The molecule has 1 N–H and O–H groups in total. The average molecular weight is 357 g/mol. The molecule has 1 saturated heterocycles. The minimum Gasteiger partial charge on any atom is -0.324 e. The van der Waals surface area contributed by atoms with E-state index < -0.39 is 0 Å². The van der Waals surface area contributed by atoms with Gasteiger partial charge in [-0.15, -0.1) is 0 Å². The molecule has 0 bridgehead atoms. The Morgan fingerprint density at radius 1 is 1.04 bits per heavy atom. The number of carbonyl (C=O) groups is 2. The van der Waals surface area contributed by atoms with E-state index >= 15 is 0 Å². The van der Waals surface area contributed by atoms with Crippen LogP contribution in [0, 0.1) is 12.8 Å². The lowest BCUT2D eigenvalue weighted by molar-refractivity contribution is 0.0859. The van der Waals surface area contributed by atoms with Crippen LogP contribution in [0.1, 0.15) is 28.8 Å². The quantitative estimate of drug-likeness (QED) is 0.805. The zero-order chi connectivity index (χ0) is 17.8. The molecule has 0 aromatic heterocycles. The number of hydrogen-bond acceptors (Lipinski definition) is 2. The number of aryl methyl sites for hydroxylation is 1. The number of halogens is 1. The molecule has 1 aliphatic rings. The maximum Gasteiger partial charge on any atom is 0.321 e. The Morgan fingerprint density at radius 2 is 1.68 bits per heavy atom. The lowest BCUT2D eigenvalue weighted by Crippen LogP contribution is -2.42. The van der Waals surface area contributed by atoms with Crippen molar-refractivity contribution in [3.8, 4) is 0 Å². The molecule has 1 fully saturated rings. The molecule has 0 unspecified atom stereocenters. The number of likely N-dealkylation sites (tertiary alicyclic amines) is 1. The van der Waals surface area contributed by atoms with E-state index in [1.165, 1.54) is 0 Å². The second-order valence-electron chi connectivity index (χ2n) is 6.38. The lowest BCUT2D eigenvalue weighted by Gasteiger charge is -2.31. The number of ketones is 1. The molecular formula is C20H21ClN2O2. The van der Waals surface area contributed by atoms with Gasteiger partial charge in [-0.2, -0.15) is 0 Å². The maximum atomic E-state index is 12.6. The van der Waals surface area contributed by atoms with E-state index in [2.05, 4.69) is 5.32 Å². The van der Waals surface area contributed by atoms with Crippen LogP contribution in [-0.4, -0.2) is 29.8 Å². The summed E-state index contributed by atoms with van der Waals surface area (Å²) in [7, 11) is 0. The first-order valence-corrected chi connectivity index (χ1v) is 8.84. The number of piperidine rings is 1. The molecule has 4 nitrogen and oxygen atoms in total. The zero-order valence-corrected chi connectivity index (χ0v) is 14.9. The Balaban J connectivity index is 1.56. The highest BCUT2D eigenvalue weighted by molar-refractivity contribution is 6.30. The summed E-state index contributed by atoms with van der Waals surface area (Å²) in [5.74, 6) is 0.0966. The fraction of sp³-hybridized carbons (Fsp3) is 0.300. The largest absolute Gasteiger partial charge is 0.324 e. The van der Waals surface area contributed by atoms with Gasteiger partial charge in [-0.1, -0.05) is 29.8 Å². The molecular weight excluding hydrogens is 336 g/mol. The molecule has 130 valence electrons. The summed E-state index contributed by atoms with van der Waals surface area (Å²) in [6.07, 6.45) is 1.37. The molecule has 2 aromatic rings. The van der Waals surface area contributed by atoms with Gasteiger partial charge < -0.3 is 10.2 Å². The maximum absolute atomic E-state index is 12.6. The number of nitrogens with one attached hydrogen (secondary N) is 1. The topological polar surface area (TPSA) is 49.4 Å². The predicted molar refractivity (Wildman–Crippen MR) is 100 cm³/mol. The first-order chi connectivity index (χ1) is 12.0. The highest BCUT2D eigenvalue weighted by Gasteiger charge is 2.28. The highest BCUT2D eigenvalue weighted by Crippen LogP contribution is 2.23. The van der Waals surface area contributed by atoms with Crippen molar-refractivity contribution in [2.45, 2.75) is 19.8 Å². The van der Waals surface area contributed by atoms with E-state index in [0.717, 1.165) is 11.3 Å². The molecule has 0 radical (unpaired) electrons. The Labute approximate surface area is 152 Å². The molecule has 0 atom stereocenters. The van der Waals surface area contributed by atoms with Crippen molar-refractivity contribution in [3.05, 3.63) is 64.7 Å². The number of rotatable bonds is 3. The molecule has 2 aromatic carbocycles. The van der Waals surface area contributed by atoms with Crippen LogP contribution in [0.25, 0.3) is 0 Å². The second-order valence-corrected chi connectivity index (χ2v) is 6.81.